The molecule has 0 nitrogen and oxygen atoms in total. The molecular weight excluding hydrogens is 745 g/mol. The molecule has 0 saturated carbocycles. The Labute approximate surface area is 372 Å². The van der Waals surface area contributed by atoms with Crippen LogP contribution in [0.4, 0.5) is 0 Å². The quantitative estimate of drug-likeness (QED) is 0.150. The molecule has 8 rings (SSSR count). The summed E-state index contributed by atoms with van der Waals surface area (Å²) in [5.74, 6) is 0. The summed E-state index contributed by atoms with van der Waals surface area (Å²) in [6.45, 7) is 31.5. The summed E-state index contributed by atoms with van der Waals surface area (Å²) in [5.41, 5.74) is 36.1. The molecule has 8 aromatic rings. The van der Waals surface area contributed by atoms with Crippen molar-refractivity contribution in [3.63, 3.8) is 0 Å². The summed E-state index contributed by atoms with van der Waals surface area (Å²) in [5, 5.41) is 0. The van der Waals surface area contributed by atoms with Crippen LogP contribution in [0.15, 0.2) is 121 Å². The molecule has 0 aliphatic heterocycles. The Morgan fingerprint density at radius 2 is 0.468 bits per heavy atom. The molecule has 0 saturated heterocycles. The standard InChI is InChI=1S/C62H62/c1-35-20-55(21-36(2)44(35)10)59-32-54(33-60(48(59)14)56-22-37(3)45(11)38(4)23-56)53-30-51(49-18-16-15-17-19-49)29-52(31-53)50-28-43(9)62(58-26-41(7)47(13)42(8)27-58)61(34-50)57-24-39(5)46(12)40(6)25-57/h15-34H,1-14H3. The summed E-state index contributed by atoms with van der Waals surface area (Å²) in [4.78, 5) is 0. The Bertz CT molecular complexity index is 2900. The predicted molar refractivity (Wildman–Crippen MR) is 271 cm³/mol. The van der Waals surface area contributed by atoms with Crippen molar-refractivity contribution in [3.05, 3.63) is 199 Å². The maximum absolute atomic E-state index is 2.46. The monoisotopic (exact) mass is 806 g/mol. The smallest absolute Gasteiger partial charge is 0.00755 e. The summed E-state index contributed by atoms with van der Waals surface area (Å²) in [6, 6.07) is 47.0. The lowest BCUT2D eigenvalue weighted by Gasteiger charge is -2.21. The van der Waals surface area contributed by atoms with Gasteiger partial charge in [-0.2, -0.15) is 0 Å². The molecule has 0 heteroatoms. The Hall–Kier alpha value is -6.24. The minimum Gasteiger partial charge on any atom is -0.0622 e. The molecule has 310 valence electrons. The van der Waals surface area contributed by atoms with Crippen molar-refractivity contribution in [2.75, 3.05) is 0 Å². The van der Waals surface area contributed by atoms with Crippen LogP contribution in [0.5, 0.6) is 0 Å². The molecule has 0 heterocycles. The van der Waals surface area contributed by atoms with E-state index in [-0.39, 0.29) is 0 Å². The van der Waals surface area contributed by atoms with Gasteiger partial charge in [-0.15, -0.1) is 0 Å². The normalized spacial score (nSPS) is 11.4. The van der Waals surface area contributed by atoms with Crippen LogP contribution in [-0.4, -0.2) is 0 Å². The van der Waals surface area contributed by atoms with Crippen molar-refractivity contribution in [1.82, 2.24) is 0 Å². The molecule has 0 atom stereocenters. The van der Waals surface area contributed by atoms with E-state index in [1.165, 1.54) is 156 Å². The topological polar surface area (TPSA) is 0 Å². The Morgan fingerprint density at radius 1 is 0.194 bits per heavy atom. The molecule has 0 N–H and O–H groups in total. The first-order valence-corrected chi connectivity index (χ1v) is 22.3. The zero-order valence-electron chi connectivity index (χ0n) is 39.5. The second-order valence-electron chi connectivity index (χ2n) is 18.5. The first kappa shape index (κ1) is 42.5. The highest BCUT2D eigenvalue weighted by Gasteiger charge is 2.20. The average molecular weight is 807 g/mol. The summed E-state index contributed by atoms with van der Waals surface area (Å²) in [6.07, 6.45) is 0. The first-order chi connectivity index (χ1) is 29.5. The van der Waals surface area contributed by atoms with E-state index in [1.54, 1.807) is 0 Å². The van der Waals surface area contributed by atoms with E-state index in [1.807, 2.05) is 0 Å². The van der Waals surface area contributed by atoms with E-state index in [4.69, 9.17) is 0 Å². The zero-order chi connectivity index (χ0) is 44.3. The molecule has 0 bridgehead atoms. The van der Waals surface area contributed by atoms with Gasteiger partial charge in [0.25, 0.3) is 0 Å². The fourth-order valence-corrected chi connectivity index (χ4v) is 9.56. The van der Waals surface area contributed by atoms with Crippen LogP contribution < -0.4 is 0 Å². The van der Waals surface area contributed by atoms with Gasteiger partial charge in [0.2, 0.25) is 0 Å². The van der Waals surface area contributed by atoms with Crippen LogP contribution in [0.25, 0.3) is 77.9 Å². The molecule has 0 aliphatic rings. The fourth-order valence-electron chi connectivity index (χ4n) is 9.56. The fraction of sp³-hybridized carbons (Fsp3) is 0.226. The van der Waals surface area contributed by atoms with E-state index >= 15 is 0 Å². The van der Waals surface area contributed by atoms with Crippen molar-refractivity contribution in [3.8, 4) is 77.9 Å². The minimum absolute atomic E-state index is 1.21. The second kappa shape index (κ2) is 16.6. The third kappa shape index (κ3) is 7.89. The van der Waals surface area contributed by atoms with Gasteiger partial charge in [0.1, 0.15) is 0 Å². The lowest BCUT2D eigenvalue weighted by atomic mass is 9.83. The van der Waals surface area contributed by atoms with Crippen LogP contribution in [0.2, 0.25) is 0 Å². The van der Waals surface area contributed by atoms with E-state index in [0.717, 1.165) is 0 Å². The highest BCUT2D eigenvalue weighted by atomic mass is 14.2. The van der Waals surface area contributed by atoms with Crippen molar-refractivity contribution in [2.45, 2.75) is 96.9 Å². The van der Waals surface area contributed by atoms with Gasteiger partial charge < -0.3 is 0 Å². The maximum atomic E-state index is 2.46. The van der Waals surface area contributed by atoms with Crippen molar-refractivity contribution in [2.24, 2.45) is 0 Å². The van der Waals surface area contributed by atoms with Crippen molar-refractivity contribution < 1.29 is 0 Å². The minimum atomic E-state index is 1.21. The highest BCUT2D eigenvalue weighted by molar-refractivity contribution is 5.93. The second-order valence-corrected chi connectivity index (χ2v) is 18.5. The van der Waals surface area contributed by atoms with Gasteiger partial charge in [0.15, 0.2) is 0 Å². The van der Waals surface area contributed by atoms with Crippen LogP contribution >= 0.6 is 0 Å². The Kier molecular flexibility index (Phi) is 11.3. The average Bonchev–Trinajstić information content (AvgIpc) is 3.25. The lowest BCUT2D eigenvalue weighted by Crippen LogP contribution is -1.97. The molecule has 0 amide bonds. The van der Waals surface area contributed by atoms with E-state index < -0.39 is 0 Å². The van der Waals surface area contributed by atoms with Crippen LogP contribution in [-0.2, 0) is 0 Å². The van der Waals surface area contributed by atoms with Crippen LogP contribution in [0.1, 0.15) is 77.9 Å². The Morgan fingerprint density at radius 3 is 0.855 bits per heavy atom. The number of rotatable bonds is 7. The molecule has 0 unspecified atom stereocenters. The van der Waals surface area contributed by atoms with Crippen LogP contribution in [0.3, 0.4) is 0 Å². The number of aryl methyl sites for hydroxylation is 9. The first-order valence-electron chi connectivity index (χ1n) is 22.3. The van der Waals surface area contributed by atoms with Gasteiger partial charge in [-0.1, -0.05) is 84.9 Å². The highest BCUT2D eigenvalue weighted by Crippen LogP contribution is 2.44. The number of hydrogen-bond acceptors (Lipinski definition) is 0. The zero-order valence-corrected chi connectivity index (χ0v) is 39.5. The summed E-state index contributed by atoms with van der Waals surface area (Å²) in [7, 11) is 0. The van der Waals surface area contributed by atoms with Gasteiger partial charge in [-0.05, 0) is 289 Å². The van der Waals surface area contributed by atoms with Gasteiger partial charge >= 0.3 is 0 Å². The molecule has 0 aromatic heterocycles. The number of benzene rings is 8. The third-order valence-corrected chi connectivity index (χ3v) is 14.4. The lowest BCUT2D eigenvalue weighted by molar-refractivity contribution is 1.26. The molecule has 0 radical (unpaired) electrons. The number of hydrogen-bond donors (Lipinski definition) is 0. The van der Waals surface area contributed by atoms with E-state index in [9.17, 15) is 0 Å². The van der Waals surface area contributed by atoms with Gasteiger partial charge in [-0.25, -0.2) is 0 Å². The summed E-state index contributed by atoms with van der Waals surface area (Å²) >= 11 is 0. The SMILES string of the molecule is Cc1cc(-c2cc(-c3cc(-c4ccccc4)cc(-c4cc(C)c(-c5cc(C)c(C)c(C)c5)c(-c5cc(C)c(C)c(C)c5)c4)c3)cc(-c3cc(C)c(C)c(C)c3)c2C)cc(C)c1C. The molecule has 0 spiro atoms. The van der Waals surface area contributed by atoms with E-state index in [2.05, 4.69) is 218 Å². The molecule has 8 aromatic carbocycles. The van der Waals surface area contributed by atoms with Crippen LogP contribution in [0, 0.1) is 96.9 Å². The van der Waals surface area contributed by atoms with Gasteiger partial charge in [-0.3, -0.25) is 0 Å². The largest absolute Gasteiger partial charge is 0.0622 e. The predicted octanol–water partition coefficient (Wildman–Crippen LogP) is 17.7. The van der Waals surface area contributed by atoms with Gasteiger partial charge in [0, 0.05) is 0 Å². The van der Waals surface area contributed by atoms with Crippen molar-refractivity contribution >= 4 is 0 Å². The van der Waals surface area contributed by atoms with Crippen molar-refractivity contribution in [1.29, 1.82) is 0 Å². The molecular formula is C62H62. The maximum Gasteiger partial charge on any atom is -0.00755 e. The Balaban J connectivity index is 1.43. The molecule has 62 heavy (non-hydrogen) atoms. The third-order valence-electron chi connectivity index (χ3n) is 14.4. The molecule has 0 aliphatic carbocycles. The van der Waals surface area contributed by atoms with Gasteiger partial charge in [0.05, 0.1) is 0 Å². The molecule has 0 fully saturated rings. The van der Waals surface area contributed by atoms with E-state index in [0.29, 0.717) is 0 Å². The summed E-state index contributed by atoms with van der Waals surface area (Å²) < 4.78 is 0.